The normalized spacial score (nSPS) is 11.5. The number of thiocarbonyl (C=S) groups is 1. The van der Waals surface area contributed by atoms with Gasteiger partial charge in [-0.05, 0) is 12.8 Å². The van der Waals surface area contributed by atoms with Gasteiger partial charge in [0.15, 0.2) is 0 Å². The maximum atomic E-state index is 5.34. The summed E-state index contributed by atoms with van der Waals surface area (Å²) in [5.41, 5.74) is 0. The number of thioether (sulfide) groups is 1. The van der Waals surface area contributed by atoms with E-state index in [0.717, 1.165) is 12.8 Å². The van der Waals surface area contributed by atoms with Crippen molar-refractivity contribution in [2.45, 2.75) is 31.6 Å². The molecular weight excluding hydrogens is 164 g/mol. The van der Waals surface area contributed by atoms with E-state index >= 15 is 0 Å². The summed E-state index contributed by atoms with van der Waals surface area (Å²) in [6.45, 7) is 4.22. The van der Waals surface area contributed by atoms with Gasteiger partial charge in [0.25, 0.3) is 0 Å². The van der Waals surface area contributed by atoms with Gasteiger partial charge in [-0.25, -0.2) is 0 Å². The van der Waals surface area contributed by atoms with Crippen molar-refractivity contribution in [3.05, 3.63) is 0 Å². The molecule has 0 saturated heterocycles. The van der Waals surface area contributed by atoms with Gasteiger partial charge in [0.2, 0.25) is 0 Å². The van der Waals surface area contributed by atoms with Crippen LogP contribution in [0.25, 0.3) is 0 Å². The van der Waals surface area contributed by atoms with Crippen LogP contribution in [0.5, 0.6) is 0 Å². The molecule has 0 aliphatic carbocycles. The van der Waals surface area contributed by atoms with E-state index in [1.54, 1.807) is 23.6 Å². The molecule has 0 aliphatic heterocycles. The van der Waals surface area contributed by atoms with E-state index in [2.05, 4.69) is 13.8 Å². The van der Waals surface area contributed by atoms with Crippen LogP contribution in [-0.2, 0) is 4.74 Å². The van der Waals surface area contributed by atoms with Gasteiger partial charge in [0, 0.05) is 11.8 Å². The van der Waals surface area contributed by atoms with Crippen molar-refractivity contribution >= 4 is 28.7 Å². The molecule has 0 aromatic rings. The van der Waals surface area contributed by atoms with E-state index in [-0.39, 0.29) is 4.93 Å². The third-order valence-corrected chi connectivity index (χ3v) is 3.27. The molecule has 0 atom stereocenters. The summed E-state index contributed by atoms with van der Waals surface area (Å²) >= 11 is 6.35. The maximum Gasteiger partial charge on any atom is 0.117 e. The summed E-state index contributed by atoms with van der Waals surface area (Å²) < 4.78 is 7.02. The zero-order valence-corrected chi connectivity index (χ0v) is 8.35. The number of methoxy groups -OCH3 is 1. The summed E-state index contributed by atoms with van der Waals surface area (Å²) in [5, 5.41) is 0. The number of hydrogen-bond donors (Lipinski definition) is 0. The van der Waals surface area contributed by atoms with Crippen LogP contribution in [0.4, 0.5) is 0 Å². The molecule has 3 heteroatoms. The smallest absolute Gasteiger partial charge is 0.117 e. The fourth-order valence-electron chi connectivity index (χ4n) is 0.841. The van der Waals surface area contributed by atoms with Crippen LogP contribution in [0.2, 0.25) is 0 Å². The molecule has 0 saturated carbocycles. The molecule has 0 rings (SSSR count). The molecule has 0 spiro atoms. The summed E-state index contributed by atoms with van der Waals surface area (Å²) in [7, 11) is 1.73. The molecule has 0 N–H and O–H groups in total. The first-order valence-corrected chi connectivity index (χ1v) is 4.76. The highest BCUT2D eigenvalue weighted by Crippen LogP contribution is 2.31. The standard InChI is InChI=1S/C7H14OS2/c1-4-7(5-2,8-3)10-6-9/h6H,4-5H2,1-3H3. The molecule has 0 fully saturated rings. The van der Waals surface area contributed by atoms with Crippen molar-refractivity contribution in [1.29, 1.82) is 0 Å². The number of rotatable bonds is 5. The highest BCUT2D eigenvalue weighted by Gasteiger charge is 2.24. The van der Waals surface area contributed by atoms with Crippen LogP contribution in [0, 0.1) is 0 Å². The molecule has 0 unspecified atom stereocenters. The second-order valence-corrected chi connectivity index (χ2v) is 3.79. The Hall–Kier alpha value is 0.400. The average molecular weight is 178 g/mol. The van der Waals surface area contributed by atoms with Crippen molar-refractivity contribution in [1.82, 2.24) is 0 Å². The molecule has 0 heterocycles. The van der Waals surface area contributed by atoms with E-state index in [1.165, 1.54) is 0 Å². The zero-order valence-electron chi connectivity index (χ0n) is 6.72. The molecule has 1 nitrogen and oxygen atoms in total. The molecular formula is C7H14OS2. The fourth-order valence-corrected chi connectivity index (χ4v) is 1.97. The molecule has 0 amide bonds. The van der Waals surface area contributed by atoms with Gasteiger partial charge in [0.05, 0.1) is 0 Å². The first-order chi connectivity index (χ1) is 4.74. The summed E-state index contributed by atoms with van der Waals surface area (Å²) in [6.07, 6.45) is 2.00. The molecule has 0 bridgehead atoms. The topological polar surface area (TPSA) is 9.23 Å². The second kappa shape index (κ2) is 5.10. The second-order valence-electron chi connectivity index (χ2n) is 2.04. The lowest BCUT2D eigenvalue weighted by molar-refractivity contribution is 0.0658. The van der Waals surface area contributed by atoms with Gasteiger partial charge in [-0.1, -0.05) is 37.8 Å². The largest absolute Gasteiger partial charge is 0.367 e. The fraction of sp³-hybridized carbons (Fsp3) is 0.857. The van der Waals surface area contributed by atoms with Crippen LogP contribution in [0.15, 0.2) is 0 Å². The third kappa shape index (κ3) is 2.56. The minimum Gasteiger partial charge on any atom is -0.367 e. The van der Waals surface area contributed by atoms with Gasteiger partial charge < -0.3 is 4.74 Å². The molecule has 60 valence electrons. The highest BCUT2D eigenvalue weighted by molar-refractivity contribution is 8.21. The van der Waals surface area contributed by atoms with Crippen LogP contribution >= 0.6 is 24.0 Å². The van der Waals surface area contributed by atoms with Crippen LogP contribution < -0.4 is 0 Å². The van der Waals surface area contributed by atoms with Gasteiger partial charge in [-0.15, -0.1) is 0 Å². The van der Waals surface area contributed by atoms with E-state index < -0.39 is 0 Å². The molecule has 0 aromatic heterocycles. The first kappa shape index (κ1) is 10.4. The van der Waals surface area contributed by atoms with Crippen molar-refractivity contribution < 1.29 is 4.74 Å². The van der Waals surface area contributed by atoms with E-state index in [1.807, 2.05) is 0 Å². The molecule has 0 radical (unpaired) electrons. The van der Waals surface area contributed by atoms with Gasteiger partial charge in [0.1, 0.15) is 4.93 Å². The Morgan fingerprint density at radius 2 is 2.00 bits per heavy atom. The summed E-state index contributed by atoms with van der Waals surface area (Å²) in [6, 6.07) is 0. The Bertz CT molecular complexity index is 91.5. The predicted octanol–water partition coefficient (Wildman–Crippen LogP) is 2.84. The van der Waals surface area contributed by atoms with Crippen LogP contribution in [0.1, 0.15) is 26.7 Å². The monoisotopic (exact) mass is 178 g/mol. The Morgan fingerprint density at radius 3 is 2.10 bits per heavy atom. The Labute approximate surface area is 72.5 Å². The van der Waals surface area contributed by atoms with Crippen molar-refractivity contribution in [3.8, 4) is 0 Å². The minimum absolute atomic E-state index is 0.0677. The average Bonchev–Trinajstić information content (AvgIpc) is 2.01. The maximum absolute atomic E-state index is 5.34. The van der Waals surface area contributed by atoms with Gasteiger partial charge in [-0.2, -0.15) is 0 Å². The Balaban J connectivity index is 4.00. The lowest BCUT2D eigenvalue weighted by Gasteiger charge is -2.27. The van der Waals surface area contributed by atoms with Crippen LogP contribution in [0.3, 0.4) is 0 Å². The van der Waals surface area contributed by atoms with Gasteiger partial charge in [-0.3, -0.25) is 0 Å². The van der Waals surface area contributed by atoms with E-state index in [4.69, 9.17) is 17.0 Å². The predicted molar refractivity (Wildman–Crippen MR) is 51.6 cm³/mol. The number of hydrogen-bond acceptors (Lipinski definition) is 3. The van der Waals surface area contributed by atoms with Crippen molar-refractivity contribution in [2.24, 2.45) is 0 Å². The Morgan fingerprint density at radius 1 is 1.50 bits per heavy atom. The third-order valence-electron chi connectivity index (χ3n) is 1.71. The molecule has 10 heavy (non-hydrogen) atoms. The first-order valence-electron chi connectivity index (χ1n) is 3.41. The lowest BCUT2D eigenvalue weighted by atomic mass is 10.2. The Kier molecular flexibility index (Phi) is 5.31. The van der Waals surface area contributed by atoms with Crippen molar-refractivity contribution in [2.75, 3.05) is 7.11 Å². The SMILES string of the molecule is CCC(CC)(OC)SC=S. The quantitative estimate of drug-likeness (QED) is 0.473. The molecule has 0 aromatic carbocycles. The van der Waals surface area contributed by atoms with E-state index in [9.17, 15) is 0 Å². The van der Waals surface area contributed by atoms with E-state index in [0.29, 0.717) is 0 Å². The minimum atomic E-state index is -0.0677. The zero-order chi connectivity index (χ0) is 8.04. The number of ether oxygens (including phenoxy) is 1. The van der Waals surface area contributed by atoms with Crippen molar-refractivity contribution in [3.63, 3.8) is 0 Å². The highest BCUT2D eigenvalue weighted by atomic mass is 32.2. The van der Waals surface area contributed by atoms with Gasteiger partial charge >= 0.3 is 0 Å². The molecule has 0 aliphatic rings. The van der Waals surface area contributed by atoms with Crippen LogP contribution in [-0.4, -0.2) is 16.7 Å². The lowest BCUT2D eigenvalue weighted by Crippen LogP contribution is -2.24. The summed E-state index contributed by atoms with van der Waals surface area (Å²) in [4.78, 5) is -0.0677. The summed E-state index contributed by atoms with van der Waals surface area (Å²) in [5.74, 6) is 0.